The van der Waals surface area contributed by atoms with E-state index in [9.17, 15) is 13.2 Å². The van der Waals surface area contributed by atoms with Gasteiger partial charge in [0.05, 0.1) is 5.75 Å². The van der Waals surface area contributed by atoms with Crippen molar-refractivity contribution in [2.45, 2.75) is 5.75 Å². The minimum absolute atomic E-state index is 0.185. The Morgan fingerprint density at radius 3 is 2.33 bits per heavy atom. The Bertz CT molecular complexity index is 755. The summed E-state index contributed by atoms with van der Waals surface area (Å²) in [6, 6.07) is 12.6. The first-order valence-electron chi connectivity index (χ1n) is 6.10. The van der Waals surface area contributed by atoms with Gasteiger partial charge in [0.2, 0.25) is 15.9 Å². The SMILES string of the molecule is NC(=O)c1ccc(NS(=O)(=O)Cc2cccc(N)c2)cc1. The predicted octanol–water partition coefficient (Wildman–Crippen LogP) is 1.31. The molecular formula is C14H15N3O3S. The van der Waals surface area contributed by atoms with Crippen LogP contribution in [-0.2, 0) is 15.8 Å². The van der Waals surface area contributed by atoms with Crippen LogP contribution in [0.4, 0.5) is 11.4 Å². The summed E-state index contributed by atoms with van der Waals surface area (Å²) in [4.78, 5) is 10.9. The summed E-state index contributed by atoms with van der Waals surface area (Å²) in [6.07, 6.45) is 0. The molecule has 1 amide bonds. The summed E-state index contributed by atoms with van der Waals surface area (Å²) in [5.74, 6) is -0.750. The van der Waals surface area contributed by atoms with Gasteiger partial charge in [0.15, 0.2) is 0 Å². The van der Waals surface area contributed by atoms with E-state index in [2.05, 4.69) is 4.72 Å². The summed E-state index contributed by atoms with van der Waals surface area (Å²) < 4.78 is 26.5. The third-order valence-corrected chi connectivity index (χ3v) is 4.01. The zero-order chi connectivity index (χ0) is 15.5. The van der Waals surface area contributed by atoms with Gasteiger partial charge in [-0.1, -0.05) is 12.1 Å². The van der Waals surface area contributed by atoms with Gasteiger partial charge in [-0.15, -0.1) is 0 Å². The van der Waals surface area contributed by atoms with Crippen LogP contribution in [0.25, 0.3) is 0 Å². The van der Waals surface area contributed by atoms with Crippen LogP contribution < -0.4 is 16.2 Å². The summed E-state index contributed by atoms with van der Waals surface area (Å²) >= 11 is 0. The highest BCUT2D eigenvalue weighted by atomic mass is 32.2. The number of rotatable bonds is 5. The lowest BCUT2D eigenvalue weighted by Crippen LogP contribution is -2.15. The summed E-state index contributed by atoms with van der Waals surface area (Å²) in [5.41, 5.74) is 12.5. The molecule has 5 N–H and O–H groups in total. The van der Waals surface area contributed by atoms with Crippen molar-refractivity contribution in [3.05, 3.63) is 59.7 Å². The average Bonchev–Trinajstić information content (AvgIpc) is 2.38. The van der Waals surface area contributed by atoms with Crippen molar-refractivity contribution in [2.75, 3.05) is 10.5 Å². The third-order valence-electron chi connectivity index (χ3n) is 2.75. The zero-order valence-electron chi connectivity index (χ0n) is 11.1. The second-order valence-electron chi connectivity index (χ2n) is 4.55. The maximum Gasteiger partial charge on any atom is 0.248 e. The van der Waals surface area contributed by atoms with E-state index in [0.717, 1.165) is 0 Å². The van der Waals surface area contributed by atoms with Crippen molar-refractivity contribution in [3.63, 3.8) is 0 Å². The lowest BCUT2D eigenvalue weighted by molar-refractivity contribution is 0.100. The second kappa shape index (κ2) is 5.84. The monoisotopic (exact) mass is 305 g/mol. The number of primary amides is 1. The second-order valence-corrected chi connectivity index (χ2v) is 6.27. The van der Waals surface area contributed by atoms with Gasteiger partial charge in [-0.2, -0.15) is 0 Å². The molecule has 2 rings (SSSR count). The Labute approximate surface area is 122 Å². The standard InChI is InChI=1S/C14H15N3O3S/c15-12-3-1-2-10(8-12)9-21(19,20)17-13-6-4-11(5-7-13)14(16)18/h1-8,17H,9,15H2,(H2,16,18). The van der Waals surface area contributed by atoms with Crippen molar-refractivity contribution in [1.29, 1.82) is 0 Å². The zero-order valence-corrected chi connectivity index (χ0v) is 11.9. The number of nitrogens with two attached hydrogens (primary N) is 2. The molecule has 0 atom stereocenters. The molecule has 0 fully saturated rings. The van der Waals surface area contributed by atoms with Crippen LogP contribution in [0.5, 0.6) is 0 Å². The Hall–Kier alpha value is -2.54. The number of nitrogen functional groups attached to an aromatic ring is 1. The van der Waals surface area contributed by atoms with Crippen LogP contribution in [0.3, 0.4) is 0 Å². The highest BCUT2D eigenvalue weighted by molar-refractivity contribution is 7.91. The van der Waals surface area contributed by atoms with Gasteiger partial charge in [0.1, 0.15) is 0 Å². The number of nitrogens with one attached hydrogen (secondary N) is 1. The molecular weight excluding hydrogens is 290 g/mol. The molecule has 2 aromatic rings. The summed E-state index contributed by atoms with van der Waals surface area (Å²) in [6.45, 7) is 0. The summed E-state index contributed by atoms with van der Waals surface area (Å²) in [5, 5.41) is 0. The molecule has 0 saturated heterocycles. The van der Waals surface area contributed by atoms with Crippen LogP contribution in [0.1, 0.15) is 15.9 Å². The van der Waals surface area contributed by atoms with Gasteiger partial charge in [0, 0.05) is 16.9 Å². The minimum atomic E-state index is -3.56. The largest absolute Gasteiger partial charge is 0.399 e. The van der Waals surface area contributed by atoms with E-state index in [4.69, 9.17) is 11.5 Å². The Morgan fingerprint density at radius 2 is 1.76 bits per heavy atom. The topological polar surface area (TPSA) is 115 Å². The fourth-order valence-electron chi connectivity index (χ4n) is 1.82. The number of sulfonamides is 1. The molecule has 0 saturated carbocycles. The maximum absolute atomic E-state index is 12.1. The van der Waals surface area contributed by atoms with Gasteiger partial charge in [-0.3, -0.25) is 9.52 Å². The molecule has 0 spiro atoms. The van der Waals surface area contributed by atoms with Gasteiger partial charge in [-0.25, -0.2) is 8.42 Å². The number of hydrogen-bond donors (Lipinski definition) is 3. The van der Waals surface area contributed by atoms with Gasteiger partial charge >= 0.3 is 0 Å². The molecule has 0 aromatic heterocycles. The van der Waals surface area contributed by atoms with Crippen LogP contribution in [0.2, 0.25) is 0 Å². The Balaban J connectivity index is 2.12. The van der Waals surface area contributed by atoms with Crippen LogP contribution in [0, 0.1) is 0 Å². The number of carbonyl (C=O) groups is 1. The molecule has 0 aliphatic carbocycles. The lowest BCUT2D eigenvalue weighted by atomic mass is 10.2. The quantitative estimate of drug-likeness (QED) is 0.722. The maximum atomic E-state index is 12.1. The van der Waals surface area contributed by atoms with Gasteiger partial charge < -0.3 is 11.5 Å². The summed E-state index contributed by atoms with van der Waals surface area (Å²) in [7, 11) is -3.56. The molecule has 6 nitrogen and oxygen atoms in total. The fraction of sp³-hybridized carbons (Fsp3) is 0.0714. The van der Waals surface area contributed by atoms with E-state index >= 15 is 0 Å². The number of amides is 1. The predicted molar refractivity (Wildman–Crippen MR) is 82.1 cm³/mol. The molecule has 110 valence electrons. The molecule has 0 aliphatic heterocycles. The highest BCUT2D eigenvalue weighted by Gasteiger charge is 2.12. The molecule has 2 aromatic carbocycles. The number of benzene rings is 2. The van der Waals surface area contributed by atoms with E-state index in [-0.39, 0.29) is 5.75 Å². The van der Waals surface area contributed by atoms with E-state index in [1.807, 2.05) is 0 Å². The molecule has 0 unspecified atom stereocenters. The van der Waals surface area contributed by atoms with Crippen LogP contribution in [0.15, 0.2) is 48.5 Å². The molecule has 0 radical (unpaired) electrons. The van der Waals surface area contributed by atoms with Crippen molar-refractivity contribution in [3.8, 4) is 0 Å². The van der Waals surface area contributed by atoms with E-state index in [1.165, 1.54) is 24.3 Å². The molecule has 7 heteroatoms. The van der Waals surface area contributed by atoms with Crippen molar-refractivity contribution in [1.82, 2.24) is 0 Å². The smallest absolute Gasteiger partial charge is 0.248 e. The molecule has 0 bridgehead atoms. The van der Waals surface area contributed by atoms with E-state index in [1.54, 1.807) is 24.3 Å². The van der Waals surface area contributed by atoms with Crippen molar-refractivity contribution < 1.29 is 13.2 Å². The van der Waals surface area contributed by atoms with Crippen LogP contribution in [-0.4, -0.2) is 14.3 Å². The number of hydrogen-bond acceptors (Lipinski definition) is 4. The van der Waals surface area contributed by atoms with E-state index < -0.39 is 15.9 Å². The Kier molecular flexibility index (Phi) is 4.13. The molecule has 0 aliphatic rings. The first-order valence-corrected chi connectivity index (χ1v) is 7.76. The van der Waals surface area contributed by atoms with Gasteiger partial charge in [0.25, 0.3) is 0 Å². The fourth-order valence-corrected chi connectivity index (χ4v) is 3.01. The normalized spacial score (nSPS) is 11.0. The average molecular weight is 305 g/mol. The molecule has 21 heavy (non-hydrogen) atoms. The first kappa shape index (κ1) is 14.9. The highest BCUT2D eigenvalue weighted by Crippen LogP contribution is 2.15. The lowest BCUT2D eigenvalue weighted by Gasteiger charge is -2.09. The van der Waals surface area contributed by atoms with Crippen molar-refractivity contribution >= 4 is 27.3 Å². The van der Waals surface area contributed by atoms with Crippen LogP contribution >= 0.6 is 0 Å². The number of carbonyl (C=O) groups excluding carboxylic acids is 1. The van der Waals surface area contributed by atoms with Crippen molar-refractivity contribution in [2.24, 2.45) is 5.73 Å². The molecule has 0 heterocycles. The number of anilines is 2. The minimum Gasteiger partial charge on any atom is -0.399 e. The van der Waals surface area contributed by atoms with Gasteiger partial charge in [-0.05, 0) is 42.0 Å². The first-order chi connectivity index (χ1) is 9.85. The Morgan fingerprint density at radius 1 is 1.10 bits per heavy atom. The third kappa shape index (κ3) is 4.22. The van der Waals surface area contributed by atoms with E-state index in [0.29, 0.717) is 22.5 Å².